The van der Waals surface area contributed by atoms with Gasteiger partial charge in [-0.25, -0.2) is 4.98 Å². The molecule has 0 radical (unpaired) electrons. The minimum atomic E-state index is 0.142. The van der Waals surface area contributed by atoms with E-state index in [1.165, 1.54) is 0 Å². The third-order valence-electron chi connectivity index (χ3n) is 5.09. The number of fused-ring (bicyclic) bond motifs is 1. The van der Waals surface area contributed by atoms with Crippen LogP contribution in [0.25, 0.3) is 16.9 Å². The van der Waals surface area contributed by atoms with E-state index in [1.807, 2.05) is 53.8 Å². The number of rotatable bonds is 3. The fourth-order valence-corrected chi connectivity index (χ4v) is 3.76. The summed E-state index contributed by atoms with van der Waals surface area (Å²) in [6.07, 6.45) is 3.64. The molecule has 3 aromatic rings. The lowest BCUT2D eigenvalue weighted by Crippen LogP contribution is -2.41. The fraction of sp³-hybridized carbons (Fsp3) is 0.316. The molecule has 1 saturated heterocycles. The molecule has 1 amide bonds. The second-order valence-corrected chi connectivity index (χ2v) is 7.40. The van der Waals surface area contributed by atoms with Crippen molar-refractivity contribution in [3.05, 3.63) is 41.6 Å². The molecule has 1 aliphatic heterocycles. The molecule has 3 heterocycles. The standard InChI is InChI=1S/C19H21BClN5O/c1-12(27)25-8-6-13(7-9-25)23-18-10-17(14-4-2-3-5-16(14)21)24-19-15(20)11-22-26(18)19/h2-5,10-11,13,23H,6-9,20H2,1H3. The maximum absolute atomic E-state index is 11.5. The molecule has 27 heavy (non-hydrogen) atoms. The summed E-state index contributed by atoms with van der Waals surface area (Å²) in [7, 11) is 2.00. The molecule has 138 valence electrons. The van der Waals surface area contributed by atoms with Crippen LogP contribution in [0.4, 0.5) is 5.82 Å². The second kappa shape index (κ2) is 7.23. The number of nitrogens with zero attached hydrogens (tertiary/aromatic N) is 4. The van der Waals surface area contributed by atoms with Crippen molar-refractivity contribution in [1.29, 1.82) is 0 Å². The van der Waals surface area contributed by atoms with Crippen LogP contribution in [0, 0.1) is 0 Å². The summed E-state index contributed by atoms with van der Waals surface area (Å²) < 4.78 is 1.84. The molecule has 0 bridgehead atoms. The first-order chi connectivity index (χ1) is 13.0. The minimum absolute atomic E-state index is 0.142. The Hall–Kier alpha value is -2.54. The van der Waals surface area contributed by atoms with E-state index in [0.29, 0.717) is 5.02 Å². The summed E-state index contributed by atoms with van der Waals surface area (Å²) in [6.45, 7) is 3.18. The molecule has 6 nitrogen and oxygen atoms in total. The number of benzene rings is 1. The van der Waals surface area contributed by atoms with Gasteiger partial charge in [-0.1, -0.05) is 29.8 Å². The summed E-state index contributed by atoms with van der Waals surface area (Å²) in [6, 6.07) is 10.0. The lowest BCUT2D eigenvalue weighted by Gasteiger charge is -2.32. The summed E-state index contributed by atoms with van der Waals surface area (Å²) >= 11 is 6.39. The van der Waals surface area contributed by atoms with E-state index in [1.54, 1.807) is 6.92 Å². The predicted molar refractivity (Wildman–Crippen MR) is 111 cm³/mol. The quantitative estimate of drug-likeness (QED) is 0.702. The SMILES string of the molecule is Bc1cnn2c(NC3CCN(C(C)=O)CC3)cc(-c3ccccc3Cl)nc12. The van der Waals surface area contributed by atoms with Crippen LogP contribution < -0.4 is 10.8 Å². The van der Waals surface area contributed by atoms with E-state index in [0.717, 1.165) is 54.1 Å². The van der Waals surface area contributed by atoms with Gasteiger partial charge in [0.1, 0.15) is 13.7 Å². The van der Waals surface area contributed by atoms with Crippen LogP contribution in [0.1, 0.15) is 19.8 Å². The first kappa shape index (κ1) is 17.9. The highest BCUT2D eigenvalue weighted by atomic mass is 35.5. The fourth-order valence-electron chi connectivity index (χ4n) is 3.53. The van der Waals surface area contributed by atoms with Crippen LogP contribution in [0.3, 0.4) is 0 Å². The molecule has 0 aliphatic carbocycles. The molecular weight excluding hydrogens is 361 g/mol. The zero-order valence-electron chi connectivity index (χ0n) is 15.4. The number of likely N-dealkylation sites (tertiary alicyclic amines) is 1. The van der Waals surface area contributed by atoms with E-state index in [4.69, 9.17) is 16.6 Å². The molecule has 0 unspecified atom stereocenters. The second-order valence-electron chi connectivity index (χ2n) is 6.99. The Kier molecular flexibility index (Phi) is 4.78. The van der Waals surface area contributed by atoms with Crippen molar-refractivity contribution in [2.75, 3.05) is 18.4 Å². The average Bonchev–Trinajstić information content (AvgIpc) is 3.04. The third kappa shape index (κ3) is 3.51. The molecular formula is C19H21BClN5O. The van der Waals surface area contributed by atoms with Gasteiger partial charge in [0.25, 0.3) is 0 Å². The predicted octanol–water partition coefficient (Wildman–Crippen LogP) is 1.73. The molecule has 2 aromatic heterocycles. The number of anilines is 1. The van der Waals surface area contributed by atoms with Gasteiger partial charge in [0.05, 0.1) is 5.69 Å². The van der Waals surface area contributed by atoms with Crippen molar-refractivity contribution >= 4 is 42.3 Å². The van der Waals surface area contributed by atoms with Gasteiger partial charge < -0.3 is 10.2 Å². The largest absolute Gasteiger partial charge is 0.367 e. The molecule has 1 aromatic carbocycles. The maximum atomic E-state index is 11.5. The minimum Gasteiger partial charge on any atom is -0.367 e. The Morgan fingerprint density at radius 2 is 2.04 bits per heavy atom. The molecule has 0 atom stereocenters. The summed E-state index contributed by atoms with van der Waals surface area (Å²) in [5.41, 5.74) is 3.55. The summed E-state index contributed by atoms with van der Waals surface area (Å²) in [5.74, 6) is 1.03. The Morgan fingerprint density at radius 1 is 1.30 bits per heavy atom. The number of nitrogens with one attached hydrogen (secondary N) is 1. The molecule has 0 spiro atoms. The van der Waals surface area contributed by atoms with Gasteiger partial charge in [-0.15, -0.1) is 0 Å². The van der Waals surface area contributed by atoms with E-state index in [-0.39, 0.29) is 11.9 Å². The Morgan fingerprint density at radius 3 is 2.74 bits per heavy atom. The van der Waals surface area contributed by atoms with Gasteiger partial charge in [-0.2, -0.15) is 9.61 Å². The average molecular weight is 382 g/mol. The Labute approximate surface area is 163 Å². The van der Waals surface area contributed by atoms with E-state index >= 15 is 0 Å². The molecule has 8 heteroatoms. The van der Waals surface area contributed by atoms with Crippen LogP contribution in [-0.4, -0.2) is 52.4 Å². The van der Waals surface area contributed by atoms with E-state index in [9.17, 15) is 4.79 Å². The topological polar surface area (TPSA) is 62.5 Å². The van der Waals surface area contributed by atoms with Crippen LogP contribution in [-0.2, 0) is 4.79 Å². The zero-order valence-corrected chi connectivity index (χ0v) is 16.2. The first-order valence-corrected chi connectivity index (χ1v) is 9.53. The highest BCUT2D eigenvalue weighted by Crippen LogP contribution is 2.29. The van der Waals surface area contributed by atoms with Gasteiger partial charge in [0, 0.05) is 48.9 Å². The number of carbonyl (C=O) groups is 1. The highest BCUT2D eigenvalue weighted by Gasteiger charge is 2.22. The number of carbonyl (C=O) groups excluding carboxylic acids is 1. The van der Waals surface area contributed by atoms with Crippen LogP contribution in [0.5, 0.6) is 0 Å². The highest BCUT2D eigenvalue weighted by molar-refractivity contribution is 6.36. The third-order valence-corrected chi connectivity index (χ3v) is 5.42. The lowest BCUT2D eigenvalue weighted by atomic mass is 10.0. The zero-order chi connectivity index (χ0) is 19.0. The Bertz CT molecular complexity index is 997. The van der Waals surface area contributed by atoms with Gasteiger partial charge in [-0.05, 0) is 24.4 Å². The Balaban J connectivity index is 1.68. The van der Waals surface area contributed by atoms with Gasteiger partial charge in [0.15, 0.2) is 5.65 Å². The van der Waals surface area contributed by atoms with Crippen LogP contribution in [0.15, 0.2) is 36.5 Å². The van der Waals surface area contributed by atoms with Crippen molar-refractivity contribution in [1.82, 2.24) is 19.5 Å². The number of aromatic nitrogens is 3. The van der Waals surface area contributed by atoms with Crippen molar-refractivity contribution in [2.45, 2.75) is 25.8 Å². The van der Waals surface area contributed by atoms with Crippen LogP contribution in [0.2, 0.25) is 5.02 Å². The van der Waals surface area contributed by atoms with E-state index < -0.39 is 0 Å². The number of halogens is 1. The van der Waals surface area contributed by atoms with Gasteiger partial charge >= 0.3 is 0 Å². The lowest BCUT2D eigenvalue weighted by molar-refractivity contribution is -0.129. The van der Waals surface area contributed by atoms with Crippen molar-refractivity contribution < 1.29 is 4.79 Å². The van der Waals surface area contributed by atoms with Crippen molar-refractivity contribution in [3.8, 4) is 11.3 Å². The van der Waals surface area contributed by atoms with Crippen molar-refractivity contribution in [2.24, 2.45) is 0 Å². The monoisotopic (exact) mass is 381 g/mol. The molecule has 4 rings (SSSR count). The number of hydrogen-bond donors (Lipinski definition) is 1. The molecule has 1 fully saturated rings. The summed E-state index contributed by atoms with van der Waals surface area (Å²) in [5, 5.41) is 8.76. The number of amides is 1. The maximum Gasteiger partial charge on any atom is 0.219 e. The first-order valence-electron chi connectivity index (χ1n) is 9.15. The molecule has 0 saturated carbocycles. The normalized spacial score (nSPS) is 15.3. The number of piperidine rings is 1. The van der Waals surface area contributed by atoms with Crippen molar-refractivity contribution in [3.63, 3.8) is 0 Å². The molecule has 1 aliphatic rings. The number of hydrogen-bond acceptors (Lipinski definition) is 4. The van der Waals surface area contributed by atoms with E-state index in [2.05, 4.69) is 10.4 Å². The van der Waals surface area contributed by atoms with Gasteiger partial charge in [-0.3, -0.25) is 4.79 Å². The van der Waals surface area contributed by atoms with Crippen LogP contribution >= 0.6 is 11.6 Å². The molecule has 1 N–H and O–H groups in total. The smallest absolute Gasteiger partial charge is 0.219 e. The summed E-state index contributed by atoms with van der Waals surface area (Å²) in [4.78, 5) is 18.2. The van der Waals surface area contributed by atoms with Gasteiger partial charge in [0.2, 0.25) is 5.91 Å².